The Morgan fingerprint density at radius 2 is 1.74 bits per heavy atom. The second kappa shape index (κ2) is 6.55. The number of rotatable bonds is 5. The van der Waals surface area contributed by atoms with Crippen molar-refractivity contribution in [3.8, 4) is 0 Å². The van der Waals surface area contributed by atoms with Crippen LogP contribution in [0.3, 0.4) is 0 Å². The summed E-state index contributed by atoms with van der Waals surface area (Å²) in [6.45, 7) is 10.3. The maximum atomic E-state index is 10.7. The molecule has 1 aromatic rings. The summed E-state index contributed by atoms with van der Waals surface area (Å²) in [5, 5.41) is 8.84. The summed E-state index contributed by atoms with van der Waals surface area (Å²) in [5.41, 5.74) is 6.51. The van der Waals surface area contributed by atoms with Gasteiger partial charge in [-0.3, -0.25) is 4.79 Å². The van der Waals surface area contributed by atoms with Gasteiger partial charge in [-0.2, -0.15) is 0 Å². The lowest BCUT2D eigenvalue weighted by atomic mass is 9.93. The first-order chi connectivity index (χ1) is 8.84. The standard InChI is InChI=1S/C17H24O2/c1-11(17(18)19)8-6-7-9-16-14(4)12(2)10-13(3)15(16)5/h7,9-11H,6,8H2,1-5H3,(H,18,19)/b9-7+. The van der Waals surface area contributed by atoms with E-state index >= 15 is 0 Å². The average Bonchev–Trinajstić information content (AvgIpc) is 2.35. The fraction of sp³-hybridized carbons (Fsp3) is 0.471. The molecule has 0 saturated heterocycles. The first-order valence-electron chi connectivity index (χ1n) is 6.81. The van der Waals surface area contributed by atoms with Crippen molar-refractivity contribution >= 4 is 12.0 Å². The second-order valence-electron chi connectivity index (χ2n) is 5.39. The van der Waals surface area contributed by atoms with Gasteiger partial charge >= 0.3 is 5.97 Å². The first-order valence-corrected chi connectivity index (χ1v) is 6.81. The van der Waals surface area contributed by atoms with Gasteiger partial charge in [-0.25, -0.2) is 0 Å². The molecule has 0 spiro atoms. The average molecular weight is 260 g/mol. The molecule has 0 aliphatic carbocycles. The van der Waals surface area contributed by atoms with Crippen LogP contribution in [-0.2, 0) is 4.79 Å². The largest absolute Gasteiger partial charge is 0.481 e. The van der Waals surface area contributed by atoms with Crippen LogP contribution in [0.4, 0.5) is 0 Å². The van der Waals surface area contributed by atoms with Crippen molar-refractivity contribution < 1.29 is 9.90 Å². The van der Waals surface area contributed by atoms with Crippen molar-refractivity contribution in [1.82, 2.24) is 0 Å². The monoisotopic (exact) mass is 260 g/mol. The number of carboxylic acid groups (broad SMARTS) is 1. The third-order valence-corrected chi connectivity index (χ3v) is 3.90. The molecule has 1 N–H and O–H groups in total. The predicted molar refractivity (Wildman–Crippen MR) is 80.5 cm³/mol. The minimum absolute atomic E-state index is 0.272. The van der Waals surface area contributed by atoms with Crippen molar-refractivity contribution in [2.24, 2.45) is 5.92 Å². The normalized spacial score (nSPS) is 12.9. The molecule has 0 aliphatic heterocycles. The molecule has 1 atom stereocenters. The van der Waals surface area contributed by atoms with Crippen LogP contribution in [-0.4, -0.2) is 11.1 Å². The zero-order valence-electron chi connectivity index (χ0n) is 12.6. The van der Waals surface area contributed by atoms with Crippen LogP contribution in [0.5, 0.6) is 0 Å². The second-order valence-corrected chi connectivity index (χ2v) is 5.39. The van der Waals surface area contributed by atoms with Gasteiger partial charge in [0.25, 0.3) is 0 Å². The Kier molecular flexibility index (Phi) is 5.34. The fourth-order valence-corrected chi connectivity index (χ4v) is 2.17. The fourth-order valence-electron chi connectivity index (χ4n) is 2.17. The summed E-state index contributed by atoms with van der Waals surface area (Å²) < 4.78 is 0. The SMILES string of the molecule is Cc1cc(C)c(C)c(/C=C/CCC(C)C(=O)O)c1C. The molecule has 19 heavy (non-hydrogen) atoms. The molecule has 0 radical (unpaired) electrons. The van der Waals surface area contributed by atoms with Crippen LogP contribution in [0.1, 0.15) is 47.6 Å². The van der Waals surface area contributed by atoms with Gasteiger partial charge in [-0.1, -0.05) is 25.1 Å². The molecule has 0 amide bonds. The van der Waals surface area contributed by atoms with Crippen LogP contribution < -0.4 is 0 Å². The van der Waals surface area contributed by atoms with E-state index in [1.807, 2.05) is 0 Å². The van der Waals surface area contributed by atoms with E-state index in [0.29, 0.717) is 6.42 Å². The highest BCUT2D eigenvalue weighted by Gasteiger charge is 2.09. The van der Waals surface area contributed by atoms with E-state index in [4.69, 9.17) is 5.11 Å². The number of hydrogen-bond donors (Lipinski definition) is 1. The number of benzene rings is 1. The van der Waals surface area contributed by atoms with Crippen LogP contribution in [0.2, 0.25) is 0 Å². The van der Waals surface area contributed by atoms with E-state index in [1.165, 1.54) is 27.8 Å². The number of aliphatic carboxylic acids is 1. The van der Waals surface area contributed by atoms with Crippen molar-refractivity contribution in [2.75, 3.05) is 0 Å². The Hall–Kier alpha value is -1.57. The van der Waals surface area contributed by atoms with Crippen LogP contribution in [0, 0.1) is 33.6 Å². The molecule has 2 nitrogen and oxygen atoms in total. The Labute approximate surface area is 116 Å². The van der Waals surface area contributed by atoms with Gasteiger partial charge < -0.3 is 5.11 Å². The van der Waals surface area contributed by atoms with Crippen molar-refractivity contribution in [1.29, 1.82) is 0 Å². The smallest absolute Gasteiger partial charge is 0.306 e. The highest BCUT2D eigenvalue weighted by atomic mass is 16.4. The molecule has 1 unspecified atom stereocenters. The van der Waals surface area contributed by atoms with Gasteiger partial charge in [0.15, 0.2) is 0 Å². The molecule has 0 aromatic heterocycles. The molecule has 0 bridgehead atoms. The molecule has 0 aliphatic rings. The quantitative estimate of drug-likeness (QED) is 0.850. The Balaban J connectivity index is 2.80. The van der Waals surface area contributed by atoms with Gasteiger partial charge in [-0.05, 0) is 68.4 Å². The molecular formula is C17H24O2. The summed E-state index contributed by atoms with van der Waals surface area (Å²) in [6, 6.07) is 2.22. The lowest BCUT2D eigenvalue weighted by molar-refractivity contribution is -0.141. The molecule has 1 rings (SSSR count). The number of hydrogen-bond acceptors (Lipinski definition) is 1. The highest BCUT2D eigenvalue weighted by molar-refractivity contribution is 5.69. The number of carboxylic acids is 1. The topological polar surface area (TPSA) is 37.3 Å². The van der Waals surface area contributed by atoms with E-state index in [9.17, 15) is 4.79 Å². The first kappa shape index (κ1) is 15.5. The van der Waals surface area contributed by atoms with Crippen molar-refractivity contribution in [3.05, 3.63) is 40.0 Å². The van der Waals surface area contributed by atoms with Crippen LogP contribution in [0.15, 0.2) is 12.1 Å². The van der Waals surface area contributed by atoms with E-state index in [-0.39, 0.29) is 5.92 Å². The van der Waals surface area contributed by atoms with Crippen molar-refractivity contribution in [3.63, 3.8) is 0 Å². The summed E-state index contributed by atoms with van der Waals surface area (Å²) >= 11 is 0. The van der Waals surface area contributed by atoms with Crippen LogP contribution in [0.25, 0.3) is 6.08 Å². The highest BCUT2D eigenvalue weighted by Crippen LogP contribution is 2.23. The molecular weight excluding hydrogens is 236 g/mol. The van der Waals surface area contributed by atoms with Gasteiger partial charge in [0, 0.05) is 0 Å². The molecule has 2 heteroatoms. The summed E-state index contributed by atoms with van der Waals surface area (Å²) in [5.74, 6) is -0.988. The summed E-state index contributed by atoms with van der Waals surface area (Å²) in [7, 11) is 0. The minimum atomic E-state index is -0.716. The van der Waals surface area contributed by atoms with Gasteiger partial charge in [0.1, 0.15) is 0 Å². The lowest BCUT2D eigenvalue weighted by Gasteiger charge is -2.12. The Morgan fingerprint density at radius 3 is 2.21 bits per heavy atom. The molecule has 104 valence electrons. The Morgan fingerprint density at radius 1 is 1.21 bits per heavy atom. The van der Waals surface area contributed by atoms with Gasteiger partial charge in [0.2, 0.25) is 0 Å². The number of allylic oxidation sites excluding steroid dienone is 1. The van der Waals surface area contributed by atoms with E-state index < -0.39 is 5.97 Å². The summed E-state index contributed by atoms with van der Waals surface area (Å²) in [4.78, 5) is 10.7. The maximum Gasteiger partial charge on any atom is 0.306 e. The zero-order valence-corrected chi connectivity index (χ0v) is 12.6. The van der Waals surface area contributed by atoms with Crippen LogP contribution >= 0.6 is 0 Å². The minimum Gasteiger partial charge on any atom is -0.481 e. The number of carbonyl (C=O) groups is 1. The van der Waals surface area contributed by atoms with Crippen molar-refractivity contribution in [2.45, 2.75) is 47.5 Å². The molecule has 0 heterocycles. The maximum absolute atomic E-state index is 10.7. The lowest BCUT2D eigenvalue weighted by Crippen LogP contribution is -2.08. The zero-order chi connectivity index (χ0) is 14.6. The van der Waals surface area contributed by atoms with Gasteiger partial charge in [0.05, 0.1) is 5.92 Å². The molecule has 1 aromatic carbocycles. The van der Waals surface area contributed by atoms with E-state index in [1.54, 1.807) is 6.92 Å². The molecule has 0 fully saturated rings. The predicted octanol–water partition coefficient (Wildman–Crippen LogP) is 4.43. The third kappa shape index (κ3) is 3.95. The Bertz CT molecular complexity index is 472. The van der Waals surface area contributed by atoms with Gasteiger partial charge in [-0.15, -0.1) is 0 Å². The van der Waals surface area contributed by atoms with E-state index in [0.717, 1.165) is 6.42 Å². The van der Waals surface area contributed by atoms with E-state index in [2.05, 4.69) is 45.9 Å². The molecule has 0 saturated carbocycles. The summed E-state index contributed by atoms with van der Waals surface area (Å²) in [6.07, 6.45) is 5.72. The third-order valence-electron chi connectivity index (χ3n) is 3.90. The number of aryl methyl sites for hydroxylation is 2.